The van der Waals surface area contributed by atoms with E-state index in [4.69, 9.17) is 11.6 Å². The summed E-state index contributed by atoms with van der Waals surface area (Å²) in [4.78, 5) is 34.9. The number of aromatic nitrogens is 1. The zero-order valence-corrected chi connectivity index (χ0v) is 15.3. The van der Waals surface area contributed by atoms with Crippen molar-refractivity contribution in [3.8, 4) is 0 Å². The van der Waals surface area contributed by atoms with Crippen LogP contribution in [0, 0.1) is 0 Å². The molecular weight excluding hydrogens is 358 g/mol. The minimum Gasteiger partial charge on any atom is -0.355 e. The number of carbonyl (C=O) groups is 2. The minimum absolute atomic E-state index is 0.0692. The average molecular weight is 380 g/mol. The summed E-state index contributed by atoms with van der Waals surface area (Å²) in [5, 5.41) is 9.63. The van der Waals surface area contributed by atoms with Gasteiger partial charge in [-0.1, -0.05) is 11.6 Å². The van der Waals surface area contributed by atoms with E-state index in [0.717, 1.165) is 25.3 Å². The topological polar surface area (TPSA) is 102 Å². The van der Waals surface area contributed by atoms with E-state index in [1.54, 1.807) is 13.2 Å². The molecule has 2 aliphatic rings. The third-order valence-electron chi connectivity index (χ3n) is 4.36. The van der Waals surface area contributed by atoms with Crippen LogP contribution in [0.1, 0.15) is 6.42 Å². The van der Waals surface area contributed by atoms with Gasteiger partial charge in [0.2, 0.25) is 5.91 Å². The number of nitrogens with zero attached hydrogens (tertiary/aromatic N) is 4. The largest absolute Gasteiger partial charge is 0.355 e. The van der Waals surface area contributed by atoms with Gasteiger partial charge in [0.25, 0.3) is 0 Å². The highest BCUT2D eigenvalue weighted by atomic mass is 35.5. The molecule has 9 nitrogen and oxygen atoms in total. The molecular formula is C16H22ClN7O2. The molecule has 3 heterocycles. The Morgan fingerprint density at radius 2 is 2.35 bits per heavy atom. The van der Waals surface area contributed by atoms with Crippen molar-refractivity contribution in [2.24, 2.45) is 4.99 Å². The number of imide groups is 1. The fourth-order valence-corrected chi connectivity index (χ4v) is 3.28. The quantitative estimate of drug-likeness (QED) is 0.379. The van der Waals surface area contributed by atoms with Crippen LogP contribution in [0.25, 0.3) is 0 Å². The Hall–Kier alpha value is -2.55. The van der Waals surface area contributed by atoms with E-state index in [-0.39, 0.29) is 24.5 Å². The van der Waals surface area contributed by atoms with Gasteiger partial charge in [0.1, 0.15) is 5.82 Å². The number of hydrogen-bond donors (Lipinski definition) is 3. The predicted octanol–water partition coefficient (Wildman–Crippen LogP) is 0.0305. The molecule has 1 aromatic heterocycles. The Balaban J connectivity index is 1.46. The van der Waals surface area contributed by atoms with Crippen LogP contribution >= 0.6 is 11.6 Å². The van der Waals surface area contributed by atoms with Crippen LogP contribution in [-0.2, 0) is 4.79 Å². The smallest absolute Gasteiger partial charge is 0.324 e. The van der Waals surface area contributed by atoms with Crippen LogP contribution < -0.4 is 20.9 Å². The Labute approximate surface area is 156 Å². The van der Waals surface area contributed by atoms with E-state index in [1.165, 1.54) is 4.90 Å². The molecule has 3 amide bonds. The first-order chi connectivity index (χ1) is 12.6. The molecule has 1 aromatic rings. The average Bonchev–Trinajstić information content (AvgIpc) is 3.22. The van der Waals surface area contributed by atoms with Gasteiger partial charge < -0.3 is 20.9 Å². The molecule has 1 unspecified atom stereocenters. The molecule has 0 aromatic carbocycles. The van der Waals surface area contributed by atoms with E-state index in [0.29, 0.717) is 24.1 Å². The number of carbonyl (C=O) groups excluding carboxylic acids is 2. The first-order valence-corrected chi connectivity index (χ1v) is 8.87. The summed E-state index contributed by atoms with van der Waals surface area (Å²) >= 11 is 6.21. The first kappa shape index (κ1) is 18.2. The van der Waals surface area contributed by atoms with Gasteiger partial charge in [-0.3, -0.25) is 14.7 Å². The van der Waals surface area contributed by atoms with Crippen molar-refractivity contribution in [1.29, 1.82) is 0 Å². The molecule has 140 valence electrons. The molecule has 0 aliphatic carbocycles. The summed E-state index contributed by atoms with van der Waals surface area (Å²) in [6.45, 7) is 2.42. The maximum atomic E-state index is 11.6. The molecule has 3 N–H and O–H groups in total. The lowest BCUT2D eigenvalue weighted by Crippen LogP contribution is -2.47. The Morgan fingerprint density at radius 3 is 3.04 bits per heavy atom. The molecule has 0 saturated carbocycles. The minimum atomic E-state index is -0.349. The number of aliphatic imine (C=N–C) groups is 1. The molecule has 0 radical (unpaired) electrons. The van der Waals surface area contributed by atoms with Crippen LogP contribution in [-0.4, -0.2) is 73.6 Å². The van der Waals surface area contributed by atoms with Gasteiger partial charge in [-0.15, -0.1) is 0 Å². The van der Waals surface area contributed by atoms with Gasteiger partial charge in [-0.2, -0.15) is 0 Å². The maximum Gasteiger partial charge on any atom is 0.324 e. The second kappa shape index (κ2) is 8.22. The van der Waals surface area contributed by atoms with E-state index in [1.807, 2.05) is 12.1 Å². The number of rotatable bonds is 5. The second-order valence-electron chi connectivity index (χ2n) is 6.09. The number of guanidine groups is 1. The molecule has 0 spiro atoms. The maximum absolute atomic E-state index is 11.6. The van der Waals surface area contributed by atoms with E-state index in [2.05, 4.69) is 30.8 Å². The van der Waals surface area contributed by atoms with Gasteiger partial charge in [0, 0.05) is 45.5 Å². The first-order valence-electron chi connectivity index (χ1n) is 8.49. The molecule has 2 saturated heterocycles. The monoisotopic (exact) mass is 379 g/mol. The second-order valence-corrected chi connectivity index (χ2v) is 6.50. The fraction of sp³-hybridized carbons (Fsp3) is 0.500. The summed E-state index contributed by atoms with van der Waals surface area (Å²) in [5.41, 5.74) is 0. The number of urea groups is 1. The van der Waals surface area contributed by atoms with Crippen molar-refractivity contribution in [3.63, 3.8) is 0 Å². The van der Waals surface area contributed by atoms with E-state index >= 15 is 0 Å². The molecule has 3 rings (SSSR count). The van der Waals surface area contributed by atoms with Crippen molar-refractivity contribution in [3.05, 3.63) is 23.4 Å². The highest BCUT2D eigenvalue weighted by Gasteiger charge is 2.28. The molecule has 2 aliphatic heterocycles. The summed E-state index contributed by atoms with van der Waals surface area (Å²) in [7, 11) is 1.69. The summed E-state index contributed by atoms with van der Waals surface area (Å²) in [6.07, 6.45) is 2.67. The van der Waals surface area contributed by atoms with E-state index < -0.39 is 0 Å². The standard InChI is InChI=1S/C16H22ClN7O2/c1-18-15(20-6-8-24-13(25)9-21-16(24)26)22-11-4-7-23(10-11)14-12(17)3-2-5-19-14/h2-3,5,11H,4,6-10H2,1H3,(H,21,26)(H2,18,20,22). The zero-order valence-electron chi connectivity index (χ0n) is 14.5. The molecule has 2 fully saturated rings. The number of anilines is 1. The van der Waals surface area contributed by atoms with Crippen molar-refractivity contribution in [2.75, 3.05) is 44.7 Å². The van der Waals surface area contributed by atoms with Crippen LogP contribution in [0.3, 0.4) is 0 Å². The summed E-state index contributed by atoms with van der Waals surface area (Å²) in [5.74, 6) is 1.22. The molecule has 10 heteroatoms. The summed E-state index contributed by atoms with van der Waals surface area (Å²) < 4.78 is 0. The Bertz CT molecular complexity index is 696. The Morgan fingerprint density at radius 1 is 1.50 bits per heavy atom. The molecule has 1 atom stereocenters. The third-order valence-corrected chi connectivity index (χ3v) is 4.65. The van der Waals surface area contributed by atoms with Crippen LogP contribution in [0.5, 0.6) is 0 Å². The highest BCUT2D eigenvalue weighted by molar-refractivity contribution is 6.32. The fourth-order valence-electron chi connectivity index (χ4n) is 3.04. The van der Waals surface area contributed by atoms with Crippen molar-refractivity contribution in [2.45, 2.75) is 12.5 Å². The highest BCUT2D eigenvalue weighted by Crippen LogP contribution is 2.25. The molecule has 26 heavy (non-hydrogen) atoms. The molecule has 0 bridgehead atoms. The van der Waals surface area contributed by atoms with Gasteiger partial charge in [0.05, 0.1) is 11.6 Å². The zero-order chi connectivity index (χ0) is 18.5. The van der Waals surface area contributed by atoms with Gasteiger partial charge in [0.15, 0.2) is 5.96 Å². The van der Waals surface area contributed by atoms with E-state index in [9.17, 15) is 9.59 Å². The lowest BCUT2D eigenvalue weighted by atomic mass is 10.3. The number of halogens is 1. The Kier molecular flexibility index (Phi) is 5.77. The lowest BCUT2D eigenvalue weighted by molar-refractivity contribution is -0.124. The number of hydrogen-bond acceptors (Lipinski definition) is 5. The lowest BCUT2D eigenvalue weighted by Gasteiger charge is -2.20. The normalized spacial score (nSPS) is 20.5. The number of amides is 3. The predicted molar refractivity (Wildman–Crippen MR) is 99.5 cm³/mol. The van der Waals surface area contributed by atoms with Crippen molar-refractivity contribution in [1.82, 2.24) is 25.8 Å². The van der Waals surface area contributed by atoms with Gasteiger partial charge >= 0.3 is 6.03 Å². The van der Waals surface area contributed by atoms with Crippen molar-refractivity contribution < 1.29 is 9.59 Å². The third kappa shape index (κ3) is 4.16. The number of nitrogens with one attached hydrogen (secondary N) is 3. The van der Waals surface area contributed by atoms with Crippen LogP contribution in [0.2, 0.25) is 5.02 Å². The van der Waals surface area contributed by atoms with Crippen LogP contribution in [0.15, 0.2) is 23.3 Å². The van der Waals surface area contributed by atoms with Gasteiger partial charge in [-0.25, -0.2) is 9.78 Å². The van der Waals surface area contributed by atoms with Crippen LogP contribution in [0.4, 0.5) is 10.6 Å². The van der Waals surface area contributed by atoms with Crippen molar-refractivity contribution >= 4 is 35.3 Å². The summed E-state index contributed by atoms with van der Waals surface area (Å²) in [6, 6.07) is 3.50. The SMILES string of the molecule is CN=C(NCCN1C(=O)CNC1=O)NC1CCN(c2ncccc2Cl)C1. The number of pyridine rings is 1. The van der Waals surface area contributed by atoms with Gasteiger partial charge in [-0.05, 0) is 18.6 Å².